The predicted molar refractivity (Wildman–Crippen MR) is 68.2 cm³/mol. The summed E-state index contributed by atoms with van der Waals surface area (Å²) in [5.41, 5.74) is 0.906. The summed E-state index contributed by atoms with van der Waals surface area (Å²) < 4.78 is 0. The van der Waals surface area contributed by atoms with E-state index in [1.54, 1.807) is 17.5 Å². The van der Waals surface area contributed by atoms with E-state index in [2.05, 4.69) is 31.5 Å². The van der Waals surface area contributed by atoms with Crippen molar-refractivity contribution >= 4 is 17.3 Å². The zero-order valence-corrected chi connectivity index (χ0v) is 10.2. The fraction of sp³-hybridized carbons (Fsp3) is 0.364. The van der Waals surface area contributed by atoms with E-state index in [-0.39, 0.29) is 0 Å². The molecule has 0 bridgehead atoms. The van der Waals surface area contributed by atoms with Crippen molar-refractivity contribution in [2.45, 2.75) is 0 Å². The maximum absolute atomic E-state index is 4.57. The highest BCUT2D eigenvalue weighted by molar-refractivity contribution is 7.13. The van der Waals surface area contributed by atoms with Gasteiger partial charge < -0.3 is 10.2 Å². The van der Waals surface area contributed by atoms with Gasteiger partial charge in [-0.25, -0.2) is 4.98 Å². The van der Waals surface area contributed by atoms with E-state index in [0.717, 1.165) is 42.7 Å². The molecule has 1 saturated heterocycles. The van der Waals surface area contributed by atoms with Crippen LogP contribution < -0.4 is 10.2 Å². The summed E-state index contributed by atoms with van der Waals surface area (Å²) in [7, 11) is 0. The molecule has 0 aromatic carbocycles. The Hall–Kier alpha value is -1.53. The minimum atomic E-state index is 0.734. The van der Waals surface area contributed by atoms with Crippen LogP contribution in [0.1, 0.15) is 0 Å². The van der Waals surface area contributed by atoms with Crippen molar-refractivity contribution in [2.24, 2.45) is 0 Å². The first-order chi connectivity index (χ1) is 8.43. The molecule has 0 unspecified atom stereocenters. The van der Waals surface area contributed by atoms with Gasteiger partial charge in [0.25, 0.3) is 0 Å². The van der Waals surface area contributed by atoms with Crippen molar-refractivity contribution in [3.05, 3.63) is 23.7 Å². The second-order valence-corrected chi connectivity index (χ2v) is 4.80. The molecular formula is C11H13N5S. The monoisotopic (exact) mass is 247 g/mol. The second-order valence-electron chi connectivity index (χ2n) is 3.86. The number of nitrogens with zero attached hydrogens (tertiary/aromatic N) is 4. The Bertz CT molecular complexity index is 478. The lowest BCUT2D eigenvalue weighted by Crippen LogP contribution is -2.44. The van der Waals surface area contributed by atoms with Crippen molar-refractivity contribution in [2.75, 3.05) is 31.1 Å². The normalized spacial score (nSPS) is 16.1. The molecule has 2 aromatic rings. The van der Waals surface area contributed by atoms with Crippen molar-refractivity contribution in [3.63, 3.8) is 0 Å². The summed E-state index contributed by atoms with van der Waals surface area (Å²) in [5.74, 6) is 0.734. The molecule has 2 aromatic heterocycles. The van der Waals surface area contributed by atoms with Crippen LogP contribution >= 0.6 is 11.3 Å². The molecule has 0 spiro atoms. The molecule has 0 atom stereocenters. The highest BCUT2D eigenvalue weighted by atomic mass is 32.1. The fourth-order valence-corrected chi connectivity index (χ4v) is 2.52. The maximum atomic E-state index is 4.57. The largest absolute Gasteiger partial charge is 0.337 e. The number of rotatable bonds is 2. The molecule has 1 N–H and O–H groups in total. The molecule has 1 aliphatic heterocycles. The first-order valence-corrected chi connectivity index (χ1v) is 6.51. The van der Waals surface area contributed by atoms with E-state index in [0.29, 0.717) is 0 Å². The zero-order chi connectivity index (χ0) is 11.5. The lowest BCUT2D eigenvalue weighted by molar-refractivity contribution is 0.577. The van der Waals surface area contributed by atoms with Crippen LogP contribution in [-0.4, -0.2) is 41.4 Å². The molecule has 0 aliphatic carbocycles. The van der Waals surface area contributed by atoms with E-state index >= 15 is 0 Å². The molecule has 0 radical (unpaired) electrons. The van der Waals surface area contributed by atoms with Gasteiger partial charge in [-0.2, -0.15) is 5.10 Å². The van der Waals surface area contributed by atoms with Crippen LogP contribution in [0.3, 0.4) is 0 Å². The lowest BCUT2D eigenvalue weighted by Gasteiger charge is -2.26. The van der Waals surface area contributed by atoms with Crippen LogP contribution in [0.5, 0.6) is 0 Å². The van der Waals surface area contributed by atoms with Gasteiger partial charge in [-0.3, -0.25) is 0 Å². The summed E-state index contributed by atoms with van der Waals surface area (Å²) in [4.78, 5) is 7.88. The van der Waals surface area contributed by atoms with Crippen LogP contribution in [0.25, 0.3) is 10.6 Å². The number of nitrogens with one attached hydrogen (secondary N) is 1. The quantitative estimate of drug-likeness (QED) is 0.858. The molecule has 3 rings (SSSR count). The van der Waals surface area contributed by atoms with Crippen LogP contribution in [-0.2, 0) is 0 Å². The minimum absolute atomic E-state index is 0.734. The molecule has 5 nitrogen and oxygen atoms in total. The Kier molecular flexibility index (Phi) is 2.98. The van der Waals surface area contributed by atoms with Gasteiger partial charge in [-0.1, -0.05) is 6.07 Å². The van der Waals surface area contributed by atoms with E-state index in [9.17, 15) is 0 Å². The molecular weight excluding hydrogens is 234 g/mol. The van der Waals surface area contributed by atoms with Gasteiger partial charge in [-0.15, -0.1) is 16.4 Å². The lowest BCUT2D eigenvalue weighted by atomic mass is 10.3. The number of hydrogen-bond donors (Lipinski definition) is 1. The second kappa shape index (κ2) is 4.77. The van der Waals surface area contributed by atoms with E-state index in [1.807, 2.05) is 11.4 Å². The Morgan fingerprint density at radius 2 is 2.18 bits per heavy atom. The van der Waals surface area contributed by atoms with Gasteiger partial charge >= 0.3 is 0 Å². The van der Waals surface area contributed by atoms with Crippen LogP contribution in [0.15, 0.2) is 23.7 Å². The Morgan fingerprint density at radius 1 is 1.29 bits per heavy atom. The number of aromatic nitrogens is 3. The summed E-state index contributed by atoms with van der Waals surface area (Å²) in [6.07, 6.45) is 1.72. The van der Waals surface area contributed by atoms with Crippen LogP contribution in [0.4, 0.5) is 5.95 Å². The molecule has 6 heteroatoms. The van der Waals surface area contributed by atoms with Crippen molar-refractivity contribution in [3.8, 4) is 10.6 Å². The minimum Gasteiger partial charge on any atom is -0.337 e. The molecule has 0 amide bonds. The molecule has 1 aliphatic rings. The zero-order valence-electron chi connectivity index (χ0n) is 9.33. The van der Waals surface area contributed by atoms with Gasteiger partial charge in [0.15, 0.2) is 0 Å². The summed E-state index contributed by atoms with van der Waals surface area (Å²) >= 11 is 1.67. The van der Waals surface area contributed by atoms with Gasteiger partial charge in [0.1, 0.15) is 5.69 Å². The number of piperazine rings is 1. The van der Waals surface area contributed by atoms with Crippen LogP contribution in [0, 0.1) is 0 Å². The van der Waals surface area contributed by atoms with Crippen molar-refractivity contribution in [1.82, 2.24) is 20.5 Å². The van der Waals surface area contributed by atoms with Gasteiger partial charge in [0, 0.05) is 26.2 Å². The first-order valence-electron chi connectivity index (χ1n) is 5.63. The maximum Gasteiger partial charge on any atom is 0.246 e. The standard InChI is InChI=1S/C11H13N5S/c1-2-10(17-7-1)9-8-13-15-11(14-9)16-5-3-12-4-6-16/h1-2,7-8,12H,3-6H2. The third kappa shape index (κ3) is 2.27. The predicted octanol–water partition coefficient (Wildman–Crippen LogP) is 1.01. The first kappa shape index (κ1) is 10.6. The van der Waals surface area contributed by atoms with Gasteiger partial charge in [-0.05, 0) is 11.4 Å². The van der Waals surface area contributed by atoms with Gasteiger partial charge in [0.05, 0.1) is 11.1 Å². The Morgan fingerprint density at radius 3 is 2.94 bits per heavy atom. The Labute approximate surface area is 104 Å². The van der Waals surface area contributed by atoms with E-state index < -0.39 is 0 Å². The molecule has 1 fully saturated rings. The van der Waals surface area contributed by atoms with E-state index in [1.165, 1.54) is 0 Å². The summed E-state index contributed by atoms with van der Waals surface area (Å²) in [5, 5.41) is 13.5. The SMILES string of the molecule is c1csc(-c2cnnc(N3CCNCC3)n2)c1. The van der Waals surface area contributed by atoms with Crippen LogP contribution in [0.2, 0.25) is 0 Å². The van der Waals surface area contributed by atoms with Gasteiger partial charge in [0.2, 0.25) is 5.95 Å². The Balaban J connectivity index is 1.88. The van der Waals surface area contributed by atoms with Crippen molar-refractivity contribution < 1.29 is 0 Å². The highest BCUT2D eigenvalue weighted by Gasteiger charge is 2.14. The molecule has 88 valence electrons. The third-order valence-corrected chi connectivity index (χ3v) is 3.61. The third-order valence-electron chi connectivity index (χ3n) is 2.72. The smallest absolute Gasteiger partial charge is 0.246 e. The highest BCUT2D eigenvalue weighted by Crippen LogP contribution is 2.22. The average Bonchev–Trinajstić information content (AvgIpc) is 2.94. The number of hydrogen-bond acceptors (Lipinski definition) is 6. The molecule has 0 saturated carbocycles. The fourth-order valence-electron chi connectivity index (χ4n) is 1.84. The summed E-state index contributed by atoms with van der Waals surface area (Å²) in [6.45, 7) is 3.84. The topological polar surface area (TPSA) is 53.9 Å². The summed E-state index contributed by atoms with van der Waals surface area (Å²) in [6, 6.07) is 4.07. The van der Waals surface area contributed by atoms with Crippen molar-refractivity contribution in [1.29, 1.82) is 0 Å². The molecule has 3 heterocycles. The number of anilines is 1. The number of thiophene rings is 1. The average molecular weight is 247 g/mol. The van der Waals surface area contributed by atoms with E-state index in [4.69, 9.17) is 0 Å². The molecule has 17 heavy (non-hydrogen) atoms.